The van der Waals surface area contributed by atoms with Crippen LogP contribution in [0.2, 0.25) is 0 Å². The lowest BCUT2D eigenvalue weighted by molar-refractivity contribution is 0.741. The fraction of sp³-hybridized carbons (Fsp3) is 0.714. The van der Waals surface area contributed by atoms with Gasteiger partial charge in [-0.3, -0.25) is 0 Å². The van der Waals surface area contributed by atoms with Gasteiger partial charge in [0.2, 0.25) is 0 Å². The molecular formula is C7H11Br2. The van der Waals surface area contributed by atoms with E-state index in [0.29, 0.717) is 4.83 Å². The number of rotatable bonds is 4. The molecule has 53 valence electrons. The molecular weight excluding hydrogens is 244 g/mol. The van der Waals surface area contributed by atoms with E-state index in [1.54, 1.807) is 0 Å². The fourth-order valence-electron chi connectivity index (χ4n) is 0.521. The molecule has 0 fully saturated rings. The van der Waals surface area contributed by atoms with E-state index in [1.165, 1.54) is 12.8 Å². The molecule has 0 aromatic heterocycles. The monoisotopic (exact) mass is 253 g/mol. The van der Waals surface area contributed by atoms with Gasteiger partial charge in [-0.15, -0.1) is 0 Å². The standard InChI is InChI=1S/C7H11Br2/c1-3-4-5-7(9)6(2)8/h2,7H,3-5H2,1H3. The minimum Gasteiger partial charge on any atom is -0.0833 e. The first-order valence-electron chi connectivity index (χ1n) is 3.10. The zero-order chi connectivity index (χ0) is 7.28. The summed E-state index contributed by atoms with van der Waals surface area (Å²) in [7, 11) is 0. The number of hydrogen-bond acceptors (Lipinski definition) is 0. The van der Waals surface area contributed by atoms with E-state index in [0.717, 1.165) is 10.9 Å². The Balaban J connectivity index is 3.27. The molecule has 0 aliphatic carbocycles. The van der Waals surface area contributed by atoms with Crippen LogP contribution in [0.3, 0.4) is 0 Å². The van der Waals surface area contributed by atoms with Crippen LogP contribution in [-0.4, -0.2) is 4.83 Å². The summed E-state index contributed by atoms with van der Waals surface area (Å²) >= 11 is 6.65. The summed E-state index contributed by atoms with van der Waals surface area (Å²) < 4.78 is 0.802. The maximum atomic E-state index is 5.46. The Kier molecular flexibility index (Phi) is 5.91. The van der Waals surface area contributed by atoms with Crippen LogP contribution in [0.5, 0.6) is 0 Å². The molecule has 0 N–H and O–H groups in total. The van der Waals surface area contributed by atoms with Crippen molar-refractivity contribution in [1.29, 1.82) is 0 Å². The minimum absolute atomic E-state index is 0.345. The van der Waals surface area contributed by atoms with Gasteiger partial charge in [0.1, 0.15) is 0 Å². The van der Waals surface area contributed by atoms with E-state index in [-0.39, 0.29) is 0 Å². The highest BCUT2D eigenvalue weighted by molar-refractivity contribution is 9.14. The maximum absolute atomic E-state index is 5.46. The molecule has 0 saturated heterocycles. The zero-order valence-corrected chi connectivity index (χ0v) is 8.70. The smallest absolute Gasteiger partial charge is 0.0461 e. The average Bonchev–Trinajstić information content (AvgIpc) is 1.82. The molecule has 0 aromatic carbocycles. The second-order valence-corrected chi connectivity index (χ2v) is 4.02. The number of alkyl halides is 1. The normalized spacial score (nSPS) is 13.2. The van der Waals surface area contributed by atoms with Crippen molar-refractivity contribution >= 4 is 31.9 Å². The predicted octanol–water partition coefficient (Wildman–Crippen LogP) is 3.65. The molecule has 1 unspecified atom stereocenters. The zero-order valence-electron chi connectivity index (χ0n) is 5.53. The maximum Gasteiger partial charge on any atom is 0.0461 e. The summed E-state index contributed by atoms with van der Waals surface area (Å²) in [5.74, 6) is 0. The van der Waals surface area contributed by atoms with Crippen molar-refractivity contribution in [1.82, 2.24) is 0 Å². The van der Waals surface area contributed by atoms with Crippen molar-refractivity contribution in [2.45, 2.75) is 31.0 Å². The van der Waals surface area contributed by atoms with Crippen molar-refractivity contribution in [2.24, 2.45) is 0 Å². The first-order valence-corrected chi connectivity index (χ1v) is 4.81. The lowest BCUT2D eigenvalue weighted by Gasteiger charge is -2.04. The number of unbranched alkanes of at least 4 members (excludes halogenated alkanes) is 1. The van der Waals surface area contributed by atoms with Gasteiger partial charge in [-0.25, -0.2) is 0 Å². The van der Waals surface area contributed by atoms with Gasteiger partial charge >= 0.3 is 0 Å². The third kappa shape index (κ3) is 5.16. The van der Waals surface area contributed by atoms with Crippen LogP contribution in [0, 0.1) is 6.58 Å². The first kappa shape index (κ1) is 9.70. The third-order valence-corrected chi connectivity index (χ3v) is 3.23. The molecule has 0 heterocycles. The van der Waals surface area contributed by atoms with Crippen LogP contribution in [-0.2, 0) is 0 Å². The fourth-order valence-corrected chi connectivity index (χ4v) is 1.07. The van der Waals surface area contributed by atoms with Crippen molar-refractivity contribution < 1.29 is 0 Å². The number of halogens is 2. The van der Waals surface area contributed by atoms with Crippen LogP contribution >= 0.6 is 31.9 Å². The van der Waals surface area contributed by atoms with Gasteiger partial charge in [0, 0.05) is 9.31 Å². The van der Waals surface area contributed by atoms with E-state index in [2.05, 4.69) is 38.8 Å². The summed E-state index contributed by atoms with van der Waals surface area (Å²) in [4.78, 5) is 0.345. The molecule has 0 nitrogen and oxygen atoms in total. The quantitative estimate of drug-likeness (QED) is 0.672. The van der Waals surface area contributed by atoms with Gasteiger partial charge in [0.25, 0.3) is 0 Å². The molecule has 0 saturated carbocycles. The molecule has 2 heteroatoms. The molecule has 1 radical (unpaired) electrons. The Morgan fingerprint density at radius 1 is 1.67 bits per heavy atom. The van der Waals surface area contributed by atoms with Crippen molar-refractivity contribution in [3.8, 4) is 0 Å². The highest BCUT2D eigenvalue weighted by Crippen LogP contribution is 2.21. The van der Waals surface area contributed by atoms with Crippen LogP contribution in [0.4, 0.5) is 0 Å². The van der Waals surface area contributed by atoms with Crippen molar-refractivity contribution in [2.75, 3.05) is 0 Å². The highest BCUT2D eigenvalue weighted by Gasteiger charge is 2.03. The molecule has 0 aliphatic heterocycles. The van der Waals surface area contributed by atoms with Crippen LogP contribution in [0.15, 0.2) is 4.48 Å². The van der Waals surface area contributed by atoms with Gasteiger partial charge in [-0.05, 0) is 6.42 Å². The van der Waals surface area contributed by atoms with E-state index in [9.17, 15) is 0 Å². The average molecular weight is 255 g/mol. The molecule has 0 rings (SSSR count). The summed E-state index contributed by atoms with van der Waals surface area (Å²) in [6.07, 6.45) is 3.57. The molecule has 0 aromatic rings. The third-order valence-electron chi connectivity index (χ3n) is 1.11. The predicted molar refractivity (Wildman–Crippen MR) is 49.0 cm³/mol. The summed E-state index contributed by atoms with van der Waals surface area (Å²) in [6, 6.07) is 0. The molecule has 0 aliphatic rings. The molecule has 9 heavy (non-hydrogen) atoms. The molecule has 0 spiro atoms. The van der Waals surface area contributed by atoms with Gasteiger partial charge < -0.3 is 0 Å². The summed E-state index contributed by atoms with van der Waals surface area (Å²) in [6.45, 7) is 7.63. The van der Waals surface area contributed by atoms with Gasteiger partial charge in [0.15, 0.2) is 0 Å². The van der Waals surface area contributed by atoms with E-state index >= 15 is 0 Å². The van der Waals surface area contributed by atoms with Crippen LogP contribution in [0.1, 0.15) is 26.2 Å². The van der Waals surface area contributed by atoms with E-state index in [1.807, 2.05) is 0 Å². The van der Waals surface area contributed by atoms with Gasteiger partial charge in [-0.1, -0.05) is 58.2 Å². The Labute approximate surface area is 74.0 Å². The second-order valence-electron chi connectivity index (χ2n) is 1.99. The topological polar surface area (TPSA) is 0 Å². The number of hydrogen-bond donors (Lipinski definition) is 0. The SMILES string of the molecule is [CH]=C(Br)C(Br)CCCC. The molecule has 0 bridgehead atoms. The summed E-state index contributed by atoms with van der Waals surface area (Å²) in [5, 5.41) is 0. The Hall–Kier alpha value is 0.700. The summed E-state index contributed by atoms with van der Waals surface area (Å²) in [5.41, 5.74) is 0. The van der Waals surface area contributed by atoms with Crippen LogP contribution < -0.4 is 0 Å². The lowest BCUT2D eigenvalue weighted by atomic mass is 10.2. The van der Waals surface area contributed by atoms with E-state index < -0.39 is 0 Å². The largest absolute Gasteiger partial charge is 0.0833 e. The van der Waals surface area contributed by atoms with Gasteiger partial charge in [0.05, 0.1) is 0 Å². The van der Waals surface area contributed by atoms with Crippen molar-refractivity contribution in [3.05, 3.63) is 11.1 Å². The second kappa shape index (κ2) is 5.48. The van der Waals surface area contributed by atoms with Crippen LogP contribution in [0.25, 0.3) is 0 Å². The molecule has 0 amide bonds. The Morgan fingerprint density at radius 2 is 2.22 bits per heavy atom. The van der Waals surface area contributed by atoms with Gasteiger partial charge in [-0.2, -0.15) is 0 Å². The Bertz CT molecular complexity index is 88.9. The van der Waals surface area contributed by atoms with E-state index in [4.69, 9.17) is 6.58 Å². The molecule has 1 atom stereocenters. The first-order chi connectivity index (χ1) is 4.18. The lowest BCUT2D eigenvalue weighted by Crippen LogP contribution is -1.94. The number of allylic oxidation sites excluding steroid dienone is 1. The van der Waals surface area contributed by atoms with Crippen molar-refractivity contribution in [3.63, 3.8) is 0 Å². The highest BCUT2D eigenvalue weighted by atomic mass is 79.9. The minimum atomic E-state index is 0.345. The Morgan fingerprint density at radius 3 is 2.56 bits per heavy atom.